The van der Waals surface area contributed by atoms with E-state index in [0.29, 0.717) is 0 Å². The van der Waals surface area contributed by atoms with Gasteiger partial charge in [-0.25, -0.2) is 4.39 Å². The molecule has 0 N–H and O–H groups in total. The van der Waals surface area contributed by atoms with E-state index in [1.807, 2.05) is 0 Å². The third-order valence-corrected chi connectivity index (χ3v) is 4.17. The molecule has 1 rings (SSSR count). The maximum absolute atomic E-state index is 13.5. The molecule has 0 fully saturated rings. The topological polar surface area (TPSA) is 35.5 Å². The molecular formula is C10H13ClFO3P. The number of halogens is 2. The lowest BCUT2D eigenvalue weighted by Crippen LogP contribution is -2.14. The van der Waals surface area contributed by atoms with Crippen molar-refractivity contribution in [3.8, 4) is 0 Å². The van der Waals surface area contributed by atoms with E-state index in [2.05, 4.69) is 0 Å². The zero-order valence-electron chi connectivity index (χ0n) is 9.07. The van der Waals surface area contributed by atoms with Gasteiger partial charge in [0, 0.05) is 5.02 Å². The Labute approximate surface area is 99.1 Å². The summed E-state index contributed by atoms with van der Waals surface area (Å²) in [7, 11) is -3.60. The van der Waals surface area contributed by atoms with Crippen molar-refractivity contribution in [1.29, 1.82) is 0 Å². The van der Waals surface area contributed by atoms with Crippen LogP contribution in [0.1, 0.15) is 13.8 Å². The third-order valence-electron chi connectivity index (χ3n) is 1.80. The molecule has 0 heterocycles. The number of hydrogen-bond donors (Lipinski definition) is 0. The predicted molar refractivity (Wildman–Crippen MR) is 61.9 cm³/mol. The van der Waals surface area contributed by atoms with Gasteiger partial charge in [-0.2, -0.15) is 0 Å². The molecule has 0 aromatic heterocycles. The zero-order chi connectivity index (χ0) is 12.2. The van der Waals surface area contributed by atoms with Crippen LogP contribution in [0.5, 0.6) is 0 Å². The quantitative estimate of drug-likeness (QED) is 0.767. The van der Waals surface area contributed by atoms with Gasteiger partial charge in [-0.15, -0.1) is 0 Å². The van der Waals surface area contributed by atoms with Crippen molar-refractivity contribution >= 4 is 24.5 Å². The second-order valence-corrected chi connectivity index (χ2v) is 5.36. The van der Waals surface area contributed by atoms with E-state index in [4.69, 9.17) is 20.6 Å². The van der Waals surface area contributed by atoms with Crippen LogP contribution in [0.2, 0.25) is 5.02 Å². The first-order chi connectivity index (χ1) is 7.53. The first kappa shape index (κ1) is 13.7. The lowest BCUT2D eigenvalue weighted by molar-refractivity contribution is 0.229. The van der Waals surface area contributed by atoms with E-state index in [1.165, 1.54) is 12.1 Å². The maximum atomic E-state index is 13.5. The van der Waals surface area contributed by atoms with Crippen molar-refractivity contribution in [2.24, 2.45) is 0 Å². The molecule has 0 unspecified atom stereocenters. The summed E-state index contributed by atoms with van der Waals surface area (Å²) < 4.78 is 35.8. The summed E-state index contributed by atoms with van der Waals surface area (Å²) in [5.41, 5.74) is 0. The Balaban J connectivity index is 3.20. The lowest BCUT2D eigenvalue weighted by Gasteiger charge is -2.17. The molecule has 1 aromatic rings. The van der Waals surface area contributed by atoms with E-state index < -0.39 is 13.4 Å². The number of benzene rings is 1. The standard InChI is InChI=1S/C10H13ClFO3P/c1-3-14-16(13,15-4-2)10-7-8(11)5-6-9(10)12/h5-7H,3-4H2,1-2H3. The Morgan fingerprint density at radius 1 is 1.31 bits per heavy atom. The average molecular weight is 267 g/mol. The summed E-state index contributed by atoms with van der Waals surface area (Å²) in [6.45, 7) is 3.66. The summed E-state index contributed by atoms with van der Waals surface area (Å²) in [6, 6.07) is 3.79. The third kappa shape index (κ3) is 3.05. The molecule has 0 atom stereocenters. The van der Waals surface area contributed by atoms with Crippen LogP contribution >= 0.6 is 19.2 Å². The van der Waals surface area contributed by atoms with Gasteiger partial charge in [0.05, 0.1) is 13.2 Å². The Bertz CT molecular complexity index is 401. The molecule has 0 saturated carbocycles. The Morgan fingerprint density at radius 2 is 1.88 bits per heavy atom. The Morgan fingerprint density at radius 3 is 2.38 bits per heavy atom. The van der Waals surface area contributed by atoms with Crippen molar-refractivity contribution in [1.82, 2.24) is 0 Å². The summed E-state index contributed by atoms with van der Waals surface area (Å²) in [4.78, 5) is 0. The van der Waals surface area contributed by atoms with Gasteiger partial charge in [-0.1, -0.05) is 11.6 Å². The summed E-state index contributed by atoms with van der Waals surface area (Å²) in [6.07, 6.45) is 0. The fourth-order valence-corrected chi connectivity index (χ4v) is 3.13. The molecule has 0 aliphatic rings. The fraction of sp³-hybridized carbons (Fsp3) is 0.400. The minimum atomic E-state index is -3.60. The highest BCUT2D eigenvalue weighted by atomic mass is 35.5. The molecule has 0 aliphatic heterocycles. The normalized spacial score (nSPS) is 11.8. The summed E-state index contributed by atoms with van der Waals surface area (Å²) >= 11 is 5.72. The van der Waals surface area contributed by atoms with Gasteiger partial charge < -0.3 is 9.05 Å². The van der Waals surface area contributed by atoms with Gasteiger partial charge in [0.15, 0.2) is 0 Å². The van der Waals surface area contributed by atoms with E-state index >= 15 is 0 Å². The van der Waals surface area contributed by atoms with Gasteiger partial charge in [0.2, 0.25) is 0 Å². The fourth-order valence-electron chi connectivity index (χ4n) is 1.21. The van der Waals surface area contributed by atoms with Gasteiger partial charge in [-0.05, 0) is 32.0 Å². The minimum absolute atomic E-state index is 0.122. The van der Waals surface area contributed by atoms with Gasteiger partial charge >= 0.3 is 7.60 Å². The number of hydrogen-bond acceptors (Lipinski definition) is 3. The second kappa shape index (κ2) is 5.78. The maximum Gasteiger partial charge on any atom is 0.364 e. The zero-order valence-corrected chi connectivity index (χ0v) is 10.7. The van der Waals surface area contributed by atoms with Crippen LogP contribution in [0.3, 0.4) is 0 Å². The molecule has 3 nitrogen and oxygen atoms in total. The molecule has 0 bridgehead atoms. The van der Waals surface area contributed by atoms with E-state index in [1.54, 1.807) is 13.8 Å². The summed E-state index contributed by atoms with van der Waals surface area (Å²) in [5.74, 6) is -0.644. The number of rotatable bonds is 5. The smallest absolute Gasteiger partial charge is 0.305 e. The molecule has 0 saturated heterocycles. The molecule has 0 radical (unpaired) electrons. The van der Waals surface area contributed by atoms with Crippen molar-refractivity contribution in [3.05, 3.63) is 29.0 Å². The van der Waals surface area contributed by atoms with Crippen LogP contribution in [0.4, 0.5) is 4.39 Å². The molecule has 6 heteroatoms. The van der Waals surface area contributed by atoms with Crippen LogP contribution in [0.15, 0.2) is 18.2 Å². The van der Waals surface area contributed by atoms with Crippen molar-refractivity contribution in [2.75, 3.05) is 13.2 Å². The van der Waals surface area contributed by atoms with Crippen LogP contribution in [0, 0.1) is 5.82 Å². The highest BCUT2D eigenvalue weighted by Crippen LogP contribution is 2.47. The van der Waals surface area contributed by atoms with E-state index in [9.17, 15) is 8.96 Å². The molecule has 0 amide bonds. The molecule has 16 heavy (non-hydrogen) atoms. The van der Waals surface area contributed by atoms with Crippen LogP contribution in [-0.2, 0) is 13.6 Å². The molecule has 1 aromatic carbocycles. The molecular weight excluding hydrogens is 254 g/mol. The SMILES string of the molecule is CCOP(=O)(OCC)c1cc(Cl)ccc1F. The molecule has 0 spiro atoms. The van der Waals surface area contributed by atoms with E-state index in [0.717, 1.165) is 6.07 Å². The predicted octanol–water partition coefficient (Wildman–Crippen LogP) is 3.37. The second-order valence-electron chi connectivity index (χ2n) is 2.93. The van der Waals surface area contributed by atoms with E-state index in [-0.39, 0.29) is 23.5 Å². The van der Waals surface area contributed by atoms with Gasteiger partial charge in [0.1, 0.15) is 11.1 Å². The monoisotopic (exact) mass is 266 g/mol. The van der Waals surface area contributed by atoms with Crippen molar-refractivity contribution in [3.63, 3.8) is 0 Å². The van der Waals surface area contributed by atoms with Crippen molar-refractivity contribution < 1.29 is 18.0 Å². The van der Waals surface area contributed by atoms with Crippen LogP contribution in [-0.4, -0.2) is 13.2 Å². The summed E-state index contributed by atoms with van der Waals surface area (Å²) in [5, 5.41) is 0.166. The van der Waals surface area contributed by atoms with Gasteiger partial charge in [-0.3, -0.25) is 4.57 Å². The van der Waals surface area contributed by atoms with Crippen LogP contribution in [0.25, 0.3) is 0 Å². The lowest BCUT2D eigenvalue weighted by atomic mass is 10.3. The average Bonchev–Trinajstić information content (AvgIpc) is 2.22. The molecule has 0 aliphatic carbocycles. The molecule has 90 valence electrons. The highest BCUT2D eigenvalue weighted by molar-refractivity contribution is 7.62. The Hall–Kier alpha value is -0.410. The first-order valence-corrected chi connectivity index (χ1v) is 6.80. The van der Waals surface area contributed by atoms with Crippen molar-refractivity contribution in [2.45, 2.75) is 13.8 Å². The van der Waals surface area contributed by atoms with Crippen LogP contribution < -0.4 is 5.30 Å². The first-order valence-electron chi connectivity index (χ1n) is 4.88. The minimum Gasteiger partial charge on any atom is -0.305 e. The highest BCUT2D eigenvalue weighted by Gasteiger charge is 2.30. The Kier molecular flexibility index (Phi) is 4.93. The van der Waals surface area contributed by atoms with Gasteiger partial charge in [0.25, 0.3) is 0 Å². The largest absolute Gasteiger partial charge is 0.364 e.